The molecule has 0 aliphatic carbocycles. The Balaban J connectivity index is 1.58. The molecule has 0 radical (unpaired) electrons. The zero-order chi connectivity index (χ0) is 22.7. The number of amides is 1. The summed E-state index contributed by atoms with van der Waals surface area (Å²) >= 11 is 7.23. The van der Waals surface area contributed by atoms with Crippen molar-refractivity contribution in [2.75, 3.05) is 5.32 Å². The SMILES string of the molecule is Cc1cc(NC(=O)C(C)Sc2nc(-c3ccc(Cl)cc3)ccc2C#N)c2ccccc2n1. The molecule has 0 fully saturated rings. The van der Waals surface area contributed by atoms with Crippen LogP contribution in [0.15, 0.2) is 71.8 Å². The second-order valence-electron chi connectivity index (χ2n) is 7.25. The minimum Gasteiger partial charge on any atom is -0.324 e. The molecule has 4 rings (SSSR count). The molecule has 32 heavy (non-hydrogen) atoms. The number of fused-ring (bicyclic) bond motifs is 1. The fraction of sp³-hybridized carbons (Fsp3) is 0.120. The van der Waals surface area contributed by atoms with Crippen LogP contribution in [0.5, 0.6) is 0 Å². The number of anilines is 1. The maximum atomic E-state index is 13.0. The number of hydrogen-bond acceptors (Lipinski definition) is 5. The van der Waals surface area contributed by atoms with Crippen LogP contribution in [-0.2, 0) is 4.79 Å². The van der Waals surface area contributed by atoms with Crippen LogP contribution in [0.1, 0.15) is 18.2 Å². The van der Waals surface area contributed by atoms with Gasteiger partial charge < -0.3 is 5.32 Å². The van der Waals surface area contributed by atoms with Crippen LogP contribution in [0, 0.1) is 18.3 Å². The molecule has 0 bridgehead atoms. The van der Waals surface area contributed by atoms with Crippen LogP contribution in [0.4, 0.5) is 5.69 Å². The maximum absolute atomic E-state index is 13.0. The minimum absolute atomic E-state index is 0.173. The van der Waals surface area contributed by atoms with Crippen molar-refractivity contribution in [2.24, 2.45) is 0 Å². The number of hydrogen-bond donors (Lipinski definition) is 1. The Morgan fingerprint density at radius 1 is 1.09 bits per heavy atom. The molecule has 0 saturated heterocycles. The van der Waals surface area contributed by atoms with E-state index in [0.717, 1.165) is 22.2 Å². The standard InChI is InChI=1S/C25H19ClN4OS/c1-15-13-23(20-5-3-4-6-22(20)28-15)29-24(31)16(2)32-25-18(14-27)9-12-21(30-25)17-7-10-19(26)11-8-17/h3-13,16H,1-2H3,(H,28,29,31). The van der Waals surface area contributed by atoms with Crippen molar-refractivity contribution in [2.45, 2.75) is 24.1 Å². The van der Waals surface area contributed by atoms with E-state index < -0.39 is 5.25 Å². The summed E-state index contributed by atoms with van der Waals surface area (Å²) in [5, 5.41) is 14.1. The Kier molecular flexibility index (Phi) is 6.40. The zero-order valence-electron chi connectivity index (χ0n) is 17.5. The molecular formula is C25H19ClN4OS. The number of pyridine rings is 2. The number of benzene rings is 2. The van der Waals surface area contributed by atoms with Gasteiger partial charge in [-0.1, -0.05) is 53.7 Å². The number of nitrogens with one attached hydrogen (secondary N) is 1. The number of halogens is 1. The lowest BCUT2D eigenvalue weighted by molar-refractivity contribution is -0.115. The van der Waals surface area contributed by atoms with Crippen LogP contribution in [0.2, 0.25) is 5.02 Å². The largest absolute Gasteiger partial charge is 0.324 e. The third kappa shape index (κ3) is 4.75. The third-order valence-corrected chi connectivity index (χ3v) is 6.23. The molecule has 1 amide bonds. The highest BCUT2D eigenvalue weighted by atomic mass is 35.5. The second-order valence-corrected chi connectivity index (χ2v) is 9.01. The predicted molar refractivity (Wildman–Crippen MR) is 130 cm³/mol. The van der Waals surface area contributed by atoms with Crippen LogP contribution < -0.4 is 5.32 Å². The molecule has 7 heteroatoms. The molecule has 2 aromatic carbocycles. The van der Waals surface area contributed by atoms with Crippen molar-refractivity contribution >= 4 is 45.9 Å². The van der Waals surface area contributed by atoms with Crippen molar-refractivity contribution in [1.82, 2.24) is 9.97 Å². The number of carbonyl (C=O) groups is 1. The molecule has 1 N–H and O–H groups in total. The zero-order valence-corrected chi connectivity index (χ0v) is 19.0. The van der Waals surface area contributed by atoms with E-state index in [4.69, 9.17) is 11.6 Å². The fourth-order valence-electron chi connectivity index (χ4n) is 3.26. The van der Waals surface area contributed by atoms with Gasteiger partial charge in [-0.05, 0) is 50.2 Å². The summed E-state index contributed by atoms with van der Waals surface area (Å²) in [6.45, 7) is 3.69. The lowest BCUT2D eigenvalue weighted by Gasteiger charge is -2.15. The molecule has 0 aliphatic rings. The van der Waals surface area contributed by atoms with Crippen molar-refractivity contribution in [3.05, 3.63) is 83.0 Å². The van der Waals surface area contributed by atoms with Gasteiger partial charge in [0.2, 0.25) is 5.91 Å². The van der Waals surface area contributed by atoms with Gasteiger partial charge in [0.15, 0.2) is 0 Å². The summed E-state index contributed by atoms with van der Waals surface area (Å²) in [6, 6.07) is 22.6. The highest BCUT2D eigenvalue weighted by Gasteiger charge is 2.19. The van der Waals surface area contributed by atoms with Gasteiger partial charge in [0.1, 0.15) is 11.1 Å². The van der Waals surface area contributed by atoms with Crippen molar-refractivity contribution < 1.29 is 4.79 Å². The average molecular weight is 459 g/mol. The Labute approximate surface area is 195 Å². The monoisotopic (exact) mass is 458 g/mol. The van der Waals surface area contributed by atoms with Gasteiger partial charge in [-0.3, -0.25) is 9.78 Å². The molecular weight excluding hydrogens is 440 g/mol. The number of aromatic nitrogens is 2. The minimum atomic E-state index is -0.470. The van der Waals surface area contributed by atoms with Gasteiger partial charge in [0.25, 0.3) is 0 Å². The first kappa shape index (κ1) is 21.8. The second kappa shape index (κ2) is 9.39. The summed E-state index contributed by atoms with van der Waals surface area (Å²) in [6.07, 6.45) is 0. The molecule has 158 valence electrons. The Bertz CT molecular complexity index is 1350. The van der Waals surface area contributed by atoms with E-state index in [1.165, 1.54) is 11.8 Å². The van der Waals surface area contributed by atoms with E-state index in [1.807, 2.05) is 49.4 Å². The first-order valence-electron chi connectivity index (χ1n) is 9.95. The molecule has 5 nitrogen and oxygen atoms in total. The lowest BCUT2D eigenvalue weighted by Crippen LogP contribution is -2.23. The third-order valence-electron chi connectivity index (χ3n) is 4.88. The van der Waals surface area contributed by atoms with E-state index in [1.54, 1.807) is 31.2 Å². The van der Waals surface area contributed by atoms with Gasteiger partial charge in [-0.25, -0.2) is 4.98 Å². The topological polar surface area (TPSA) is 78.7 Å². The first-order chi connectivity index (χ1) is 15.4. The molecule has 0 aliphatic heterocycles. The number of thioether (sulfide) groups is 1. The molecule has 2 aromatic heterocycles. The Hall–Kier alpha value is -3.40. The van der Waals surface area contributed by atoms with E-state index in [2.05, 4.69) is 21.4 Å². The van der Waals surface area contributed by atoms with Crippen LogP contribution >= 0.6 is 23.4 Å². The van der Waals surface area contributed by atoms with Crippen LogP contribution in [-0.4, -0.2) is 21.1 Å². The number of nitriles is 1. The summed E-state index contributed by atoms with van der Waals surface area (Å²) in [5.74, 6) is -0.173. The average Bonchev–Trinajstić information content (AvgIpc) is 2.79. The number of nitrogens with zero attached hydrogens (tertiary/aromatic N) is 3. The van der Waals surface area contributed by atoms with Crippen molar-refractivity contribution in [1.29, 1.82) is 5.26 Å². The normalized spacial score (nSPS) is 11.7. The predicted octanol–water partition coefficient (Wildman–Crippen LogP) is 6.25. The molecule has 4 aromatic rings. The number of para-hydroxylation sites is 1. The summed E-state index contributed by atoms with van der Waals surface area (Å²) in [4.78, 5) is 22.1. The summed E-state index contributed by atoms with van der Waals surface area (Å²) < 4.78 is 0. The molecule has 2 heterocycles. The van der Waals surface area contributed by atoms with Crippen LogP contribution in [0.25, 0.3) is 22.2 Å². The summed E-state index contributed by atoms with van der Waals surface area (Å²) in [7, 11) is 0. The van der Waals surface area contributed by atoms with Gasteiger partial charge in [-0.15, -0.1) is 0 Å². The van der Waals surface area contributed by atoms with Gasteiger partial charge >= 0.3 is 0 Å². The van der Waals surface area contributed by atoms with E-state index in [0.29, 0.717) is 27.0 Å². The quantitative estimate of drug-likeness (QED) is 0.357. The molecule has 1 unspecified atom stereocenters. The lowest BCUT2D eigenvalue weighted by atomic mass is 10.1. The van der Waals surface area contributed by atoms with Crippen molar-refractivity contribution in [3.63, 3.8) is 0 Å². The summed E-state index contributed by atoms with van der Waals surface area (Å²) in [5.41, 5.74) is 4.39. The highest BCUT2D eigenvalue weighted by molar-refractivity contribution is 8.00. The van der Waals surface area contributed by atoms with Crippen molar-refractivity contribution in [3.8, 4) is 17.3 Å². The van der Waals surface area contributed by atoms with E-state index >= 15 is 0 Å². The maximum Gasteiger partial charge on any atom is 0.237 e. The molecule has 0 spiro atoms. The van der Waals surface area contributed by atoms with Gasteiger partial charge in [-0.2, -0.15) is 5.26 Å². The van der Waals surface area contributed by atoms with E-state index in [9.17, 15) is 10.1 Å². The Morgan fingerprint density at radius 2 is 1.84 bits per heavy atom. The number of aryl methyl sites for hydroxylation is 1. The molecule has 1 atom stereocenters. The number of carbonyl (C=O) groups excluding carboxylic acids is 1. The molecule has 0 saturated carbocycles. The smallest absolute Gasteiger partial charge is 0.237 e. The highest BCUT2D eigenvalue weighted by Crippen LogP contribution is 2.30. The fourth-order valence-corrected chi connectivity index (χ4v) is 4.28. The van der Waals surface area contributed by atoms with E-state index in [-0.39, 0.29) is 5.91 Å². The van der Waals surface area contributed by atoms with Gasteiger partial charge in [0, 0.05) is 21.7 Å². The first-order valence-corrected chi connectivity index (χ1v) is 11.2. The Morgan fingerprint density at radius 3 is 2.59 bits per heavy atom. The van der Waals surface area contributed by atoms with Crippen LogP contribution in [0.3, 0.4) is 0 Å². The number of rotatable bonds is 5. The van der Waals surface area contributed by atoms with Gasteiger partial charge in [0.05, 0.1) is 27.7 Å².